The maximum Gasteiger partial charge on any atom is 0.231 e. The van der Waals surface area contributed by atoms with E-state index in [4.69, 9.17) is 9.47 Å². The quantitative estimate of drug-likeness (QED) is 0.503. The minimum atomic E-state index is 0.239. The number of fused-ring (bicyclic) bond motifs is 3. The van der Waals surface area contributed by atoms with Gasteiger partial charge in [-0.1, -0.05) is 6.07 Å². The monoisotopic (exact) mass is 356 g/mol. The Labute approximate surface area is 152 Å². The molecule has 8 nitrogen and oxygen atoms in total. The van der Waals surface area contributed by atoms with Crippen LogP contribution < -0.4 is 9.47 Å². The third-order valence-electron chi connectivity index (χ3n) is 4.62. The summed E-state index contributed by atoms with van der Waals surface area (Å²) in [6, 6.07) is 9.70. The van der Waals surface area contributed by atoms with E-state index in [0.717, 1.165) is 33.2 Å². The van der Waals surface area contributed by atoms with E-state index in [0.29, 0.717) is 23.0 Å². The number of H-pyrrole nitrogens is 2. The molecule has 2 N–H and O–H groups in total. The van der Waals surface area contributed by atoms with Gasteiger partial charge in [-0.25, -0.2) is 9.97 Å². The fraction of sp³-hybridized carbons (Fsp3) is 0.0526. The van der Waals surface area contributed by atoms with Crippen molar-refractivity contribution in [3.8, 4) is 34.1 Å². The predicted octanol–water partition coefficient (Wildman–Crippen LogP) is 3.29. The van der Waals surface area contributed by atoms with Crippen LogP contribution in [0, 0.1) is 0 Å². The third kappa shape index (κ3) is 2.16. The van der Waals surface area contributed by atoms with Gasteiger partial charge in [0, 0.05) is 41.9 Å². The Morgan fingerprint density at radius 2 is 1.93 bits per heavy atom. The van der Waals surface area contributed by atoms with E-state index < -0.39 is 0 Å². The minimum absolute atomic E-state index is 0.239. The maximum absolute atomic E-state index is 5.44. The molecule has 8 heteroatoms. The van der Waals surface area contributed by atoms with Crippen LogP contribution in [0.25, 0.3) is 44.7 Å². The Hall–Kier alpha value is -3.94. The summed E-state index contributed by atoms with van der Waals surface area (Å²) in [5.74, 6) is 2.10. The van der Waals surface area contributed by atoms with E-state index in [1.807, 2.05) is 36.5 Å². The van der Waals surface area contributed by atoms with Gasteiger partial charge in [-0.15, -0.1) is 0 Å². The Morgan fingerprint density at radius 3 is 2.81 bits per heavy atom. The predicted molar refractivity (Wildman–Crippen MR) is 98.3 cm³/mol. The van der Waals surface area contributed by atoms with Crippen molar-refractivity contribution in [1.82, 2.24) is 30.1 Å². The van der Waals surface area contributed by atoms with Crippen molar-refractivity contribution in [3.05, 3.63) is 48.9 Å². The summed E-state index contributed by atoms with van der Waals surface area (Å²) in [6.45, 7) is 0.239. The standard InChI is InChI=1S/C19H12N6O2/c1-2-10(7-20-3-1)11-4-12-17(24-25-18(12)21-8-11)19-22-13-5-15-16(27-9-26-15)6-14(13)23-19/h1-8H,9H2,(H,22,23)(H,21,24,25). The normalized spacial score (nSPS) is 12.9. The summed E-state index contributed by atoms with van der Waals surface area (Å²) in [5.41, 5.74) is 5.04. The van der Waals surface area contributed by atoms with Crippen LogP contribution in [0.15, 0.2) is 48.9 Å². The lowest BCUT2D eigenvalue weighted by molar-refractivity contribution is 0.174. The molecule has 0 atom stereocenters. The van der Waals surface area contributed by atoms with Crippen molar-refractivity contribution >= 4 is 22.1 Å². The van der Waals surface area contributed by atoms with E-state index in [2.05, 4.69) is 30.1 Å². The molecule has 1 aliphatic rings. The molecule has 5 aromatic rings. The lowest BCUT2D eigenvalue weighted by Crippen LogP contribution is -1.92. The van der Waals surface area contributed by atoms with E-state index in [1.54, 1.807) is 12.4 Å². The van der Waals surface area contributed by atoms with Gasteiger partial charge in [-0.05, 0) is 12.1 Å². The lowest BCUT2D eigenvalue weighted by atomic mass is 10.1. The molecule has 0 bridgehead atoms. The number of hydrogen-bond acceptors (Lipinski definition) is 6. The zero-order valence-electron chi connectivity index (χ0n) is 13.9. The molecule has 130 valence electrons. The van der Waals surface area contributed by atoms with Crippen LogP contribution in [0.5, 0.6) is 11.5 Å². The topological polar surface area (TPSA) is 102 Å². The van der Waals surface area contributed by atoms with Crippen LogP contribution >= 0.6 is 0 Å². The zero-order valence-corrected chi connectivity index (χ0v) is 13.9. The molecule has 5 heterocycles. The lowest BCUT2D eigenvalue weighted by Gasteiger charge is -2.00. The fourth-order valence-electron chi connectivity index (χ4n) is 3.29. The smallest absolute Gasteiger partial charge is 0.231 e. The van der Waals surface area contributed by atoms with Gasteiger partial charge >= 0.3 is 0 Å². The molecule has 0 spiro atoms. The van der Waals surface area contributed by atoms with Crippen LogP contribution in [0.1, 0.15) is 0 Å². The summed E-state index contributed by atoms with van der Waals surface area (Å²) >= 11 is 0. The molecule has 27 heavy (non-hydrogen) atoms. The van der Waals surface area contributed by atoms with Gasteiger partial charge in [0.1, 0.15) is 5.69 Å². The molecule has 0 fully saturated rings. The van der Waals surface area contributed by atoms with Crippen molar-refractivity contribution in [2.24, 2.45) is 0 Å². The first-order valence-corrected chi connectivity index (χ1v) is 8.39. The van der Waals surface area contributed by atoms with Crippen LogP contribution in [-0.2, 0) is 0 Å². The second-order valence-electron chi connectivity index (χ2n) is 6.24. The fourth-order valence-corrected chi connectivity index (χ4v) is 3.29. The summed E-state index contributed by atoms with van der Waals surface area (Å²) in [6.07, 6.45) is 5.35. The molecule has 0 amide bonds. The van der Waals surface area contributed by atoms with Crippen molar-refractivity contribution in [2.75, 3.05) is 6.79 Å². The molecule has 0 saturated carbocycles. The number of imidazole rings is 1. The Bertz CT molecular complexity index is 1270. The average molecular weight is 356 g/mol. The number of rotatable bonds is 2. The van der Waals surface area contributed by atoms with Gasteiger partial charge in [-0.3, -0.25) is 10.1 Å². The first-order chi connectivity index (χ1) is 13.3. The largest absolute Gasteiger partial charge is 0.454 e. The number of hydrogen-bond donors (Lipinski definition) is 2. The van der Waals surface area contributed by atoms with Crippen molar-refractivity contribution in [2.45, 2.75) is 0 Å². The Balaban J connectivity index is 1.52. The van der Waals surface area contributed by atoms with E-state index in [-0.39, 0.29) is 6.79 Å². The summed E-state index contributed by atoms with van der Waals surface area (Å²) in [7, 11) is 0. The molecule has 6 rings (SSSR count). The van der Waals surface area contributed by atoms with Crippen LogP contribution in [0.3, 0.4) is 0 Å². The van der Waals surface area contributed by atoms with Gasteiger partial charge in [0.05, 0.1) is 16.4 Å². The highest BCUT2D eigenvalue weighted by Gasteiger charge is 2.18. The molecular formula is C19H12N6O2. The highest BCUT2D eigenvalue weighted by atomic mass is 16.7. The Kier molecular flexibility index (Phi) is 2.79. The van der Waals surface area contributed by atoms with E-state index in [9.17, 15) is 0 Å². The van der Waals surface area contributed by atoms with E-state index in [1.165, 1.54) is 0 Å². The second kappa shape index (κ2) is 5.28. The number of benzene rings is 1. The van der Waals surface area contributed by atoms with Crippen molar-refractivity contribution in [1.29, 1.82) is 0 Å². The number of nitrogens with one attached hydrogen (secondary N) is 2. The molecule has 4 aromatic heterocycles. The summed E-state index contributed by atoms with van der Waals surface area (Å²) in [5, 5.41) is 8.23. The average Bonchev–Trinajstić information content (AvgIpc) is 3.43. The molecule has 0 aliphatic carbocycles. The van der Waals surface area contributed by atoms with Crippen LogP contribution in [-0.4, -0.2) is 36.9 Å². The van der Waals surface area contributed by atoms with Gasteiger partial charge < -0.3 is 14.5 Å². The number of ether oxygens (including phenoxy) is 2. The SMILES string of the molecule is c1cncc(-c2cnc3n[nH]c(-c4nc5cc6c(cc5[nH]4)OCO6)c3c2)c1. The zero-order chi connectivity index (χ0) is 17.8. The van der Waals surface area contributed by atoms with Gasteiger partial charge in [0.2, 0.25) is 6.79 Å². The summed E-state index contributed by atoms with van der Waals surface area (Å²) < 4.78 is 10.9. The molecule has 1 aromatic carbocycles. The van der Waals surface area contributed by atoms with Gasteiger partial charge in [0.25, 0.3) is 0 Å². The maximum atomic E-state index is 5.44. The third-order valence-corrected chi connectivity index (χ3v) is 4.62. The van der Waals surface area contributed by atoms with E-state index >= 15 is 0 Å². The first kappa shape index (κ1) is 14.3. The van der Waals surface area contributed by atoms with Crippen molar-refractivity contribution in [3.63, 3.8) is 0 Å². The van der Waals surface area contributed by atoms with Crippen molar-refractivity contribution < 1.29 is 9.47 Å². The molecular weight excluding hydrogens is 344 g/mol. The highest BCUT2D eigenvalue weighted by Crippen LogP contribution is 2.36. The number of nitrogens with zero attached hydrogens (tertiary/aromatic N) is 4. The second-order valence-corrected chi connectivity index (χ2v) is 6.24. The minimum Gasteiger partial charge on any atom is -0.454 e. The molecule has 0 radical (unpaired) electrons. The van der Waals surface area contributed by atoms with Crippen LogP contribution in [0.4, 0.5) is 0 Å². The van der Waals surface area contributed by atoms with Crippen LogP contribution in [0.2, 0.25) is 0 Å². The number of pyridine rings is 2. The number of aromatic amines is 2. The van der Waals surface area contributed by atoms with Gasteiger partial charge in [0.15, 0.2) is 23.0 Å². The molecule has 1 aliphatic heterocycles. The molecule has 0 saturated heterocycles. The summed E-state index contributed by atoms with van der Waals surface area (Å²) in [4.78, 5) is 16.6. The Morgan fingerprint density at radius 1 is 1.00 bits per heavy atom. The number of aromatic nitrogens is 6. The molecule has 0 unspecified atom stereocenters. The highest BCUT2D eigenvalue weighted by molar-refractivity contribution is 5.93. The van der Waals surface area contributed by atoms with Gasteiger partial charge in [-0.2, -0.15) is 5.10 Å². The first-order valence-electron chi connectivity index (χ1n) is 8.39.